The topological polar surface area (TPSA) is 56.1 Å². The molecule has 3 aromatic rings. The van der Waals surface area contributed by atoms with Crippen molar-refractivity contribution >= 4 is 23.2 Å². The Morgan fingerprint density at radius 2 is 1.96 bits per heavy atom. The van der Waals surface area contributed by atoms with Crippen LogP contribution in [0.3, 0.4) is 0 Å². The van der Waals surface area contributed by atoms with Crippen molar-refractivity contribution in [1.29, 1.82) is 0 Å². The second-order valence-corrected chi connectivity index (χ2v) is 6.69. The smallest absolute Gasteiger partial charge is 0.259 e. The van der Waals surface area contributed by atoms with Gasteiger partial charge in [0, 0.05) is 10.6 Å². The third kappa shape index (κ3) is 4.02. The third-order valence-corrected chi connectivity index (χ3v) is 4.78. The molecule has 0 radical (unpaired) electrons. The lowest BCUT2D eigenvalue weighted by Crippen LogP contribution is -2.15. The second kappa shape index (κ2) is 8.44. The minimum atomic E-state index is -0.392. The minimum Gasteiger partial charge on any atom is -0.493 e. The van der Waals surface area contributed by atoms with Crippen LogP contribution in [0.15, 0.2) is 42.5 Å². The zero-order valence-electron chi connectivity index (χ0n) is 15.9. The van der Waals surface area contributed by atoms with E-state index in [1.165, 1.54) is 6.07 Å². The van der Waals surface area contributed by atoms with Crippen molar-refractivity contribution in [2.75, 3.05) is 11.9 Å². The Bertz CT molecular complexity index is 997. The van der Waals surface area contributed by atoms with Gasteiger partial charge in [-0.05, 0) is 45.0 Å². The van der Waals surface area contributed by atoms with E-state index in [9.17, 15) is 9.18 Å². The van der Waals surface area contributed by atoms with Gasteiger partial charge < -0.3 is 10.1 Å². The number of aromatic nitrogens is 2. The molecule has 0 fully saturated rings. The van der Waals surface area contributed by atoms with Gasteiger partial charge in [0.15, 0.2) is 0 Å². The van der Waals surface area contributed by atoms with E-state index < -0.39 is 5.82 Å². The molecular weight excluding hydrogens is 381 g/mol. The van der Waals surface area contributed by atoms with Gasteiger partial charge in [-0.1, -0.05) is 29.8 Å². The quantitative estimate of drug-likeness (QED) is 0.633. The molecule has 1 aromatic heterocycles. The predicted molar refractivity (Wildman–Crippen MR) is 108 cm³/mol. The van der Waals surface area contributed by atoms with E-state index in [1.54, 1.807) is 41.9 Å². The number of carbonyl (C=O) groups is 1. The summed E-state index contributed by atoms with van der Waals surface area (Å²) in [6.07, 6.45) is 0. The summed E-state index contributed by atoms with van der Waals surface area (Å²) >= 11 is 6.13. The molecule has 0 bridgehead atoms. The minimum absolute atomic E-state index is 0.170. The van der Waals surface area contributed by atoms with Crippen molar-refractivity contribution in [3.63, 3.8) is 0 Å². The average Bonchev–Trinajstić information content (AvgIpc) is 2.93. The maximum absolute atomic E-state index is 14.1. The molecule has 0 aliphatic carbocycles. The van der Waals surface area contributed by atoms with E-state index in [0.29, 0.717) is 45.6 Å². The van der Waals surface area contributed by atoms with Gasteiger partial charge in [0.25, 0.3) is 5.91 Å². The van der Waals surface area contributed by atoms with Crippen LogP contribution < -0.4 is 10.1 Å². The van der Waals surface area contributed by atoms with Gasteiger partial charge in [0.1, 0.15) is 11.6 Å². The van der Waals surface area contributed by atoms with Crippen LogP contribution in [-0.2, 0) is 6.54 Å². The fraction of sp³-hybridized carbons (Fsp3) is 0.238. The summed E-state index contributed by atoms with van der Waals surface area (Å²) in [4.78, 5) is 12.8. The highest BCUT2D eigenvalue weighted by molar-refractivity contribution is 6.31. The predicted octanol–water partition coefficient (Wildman–Crippen LogP) is 4.99. The van der Waals surface area contributed by atoms with Crippen LogP contribution in [0.25, 0.3) is 0 Å². The van der Waals surface area contributed by atoms with Crippen molar-refractivity contribution in [2.45, 2.75) is 27.3 Å². The summed E-state index contributed by atoms with van der Waals surface area (Å²) in [6, 6.07) is 11.6. The number of hydrogen-bond acceptors (Lipinski definition) is 3. The second-order valence-electron chi connectivity index (χ2n) is 6.29. The Labute approximate surface area is 168 Å². The van der Waals surface area contributed by atoms with E-state index in [2.05, 4.69) is 10.4 Å². The molecule has 0 spiro atoms. The number of para-hydroxylation sites is 1. The molecule has 1 N–H and O–H groups in total. The number of benzene rings is 2. The van der Waals surface area contributed by atoms with Gasteiger partial charge in [-0.2, -0.15) is 5.10 Å². The number of halogens is 2. The highest BCUT2D eigenvalue weighted by atomic mass is 35.5. The first kappa shape index (κ1) is 19.9. The number of hydrogen-bond donors (Lipinski definition) is 1. The summed E-state index contributed by atoms with van der Waals surface area (Å²) in [5.74, 6) is -0.168. The lowest BCUT2D eigenvalue weighted by molar-refractivity contribution is 0.102. The maximum atomic E-state index is 14.1. The molecule has 0 aliphatic heterocycles. The molecule has 0 atom stereocenters. The molecular formula is C21H21ClFN3O2. The van der Waals surface area contributed by atoms with E-state index in [1.807, 2.05) is 19.9 Å². The number of nitrogens with one attached hydrogen (secondary N) is 1. The Balaban J connectivity index is 1.88. The van der Waals surface area contributed by atoms with Gasteiger partial charge in [0.05, 0.1) is 35.8 Å². The Morgan fingerprint density at radius 1 is 1.21 bits per heavy atom. The molecule has 7 heteroatoms. The highest BCUT2D eigenvalue weighted by Gasteiger charge is 2.19. The van der Waals surface area contributed by atoms with Crippen molar-refractivity contribution in [2.24, 2.45) is 0 Å². The number of anilines is 1. The van der Waals surface area contributed by atoms with Crippen LogP contribution >= 0.6 is 11.6 Å². The van der Waals surface area contributed by atoms with Crippen molar-refractivity contribution < 1.29 is 13.9 Å². The number of nitrogens with zero attached hydrogens (tertiary/aromatic N) is 2. The van der Waals surface area contributed by atoms with E-state index in [-0.39, 0.29) is 12.5 Å². The zero-order valence-corrected chi connectivity index (χ0v) is 16.7. The summed E-state index contributed by atoms with van der Waals surface area (Å²) < 4.78 is 21.3. The van der Waals surface area contributed by atoms with Crippen LogP contribution in [0.5, 0.6) is 5.75 Å². The molecule has 2 aromatic carbocycles. The Hall–Kier alpha value is -2.86. The van der Waals surface area contributed by atoms with Crippen LogP contribution in [-0.4, -0.2) is 22.3 Å². The lowest BCUT2D eigenvalue weighted by Gasteiger charge is -2.11. The standard InChI is InChI=1S/C21H21ClFN3O2/c1-4-28-19-11-6-5-8-15(19)21(27)24-20-13(2)25-26(14(20)3)12-16-17(22)9-7-10-18(16)23/h5-11H,4,12H2,1-3H3,(H,24,27). The number of amides is 1. The maximum Gasteiger partial charge on any atom is 0.259 e. The average molecular weight is 402 g/mol. The third-order valence-electron chi connectivity index (χ3n) is 4.42. The van der Waals surface area contributed by atoms with Crippen molar-refractivity contribution in [1.82, 2.24) is 9.78 Å². The number of carbonyl (C=O) groups excluding carboxylic acids is 1. The number of ether oxygens (including phenoxy) is 1. The van der Waals surface area contributed by atoms with Gasteiger partial charge in [-0.3, -0.25) is 9.48 Å². The lowest BCUT2D eigenvalue weighted by atomic mass is 10.1. The molecule has 1 heterocycles. The fourth-order valence-electron chi connectivity index (χ4n) is 2.98. The molecule has 0 aliphatic rings. The van der Waals surface area contributed by atoms with Gasteiger partial charge >= 0.3 is 0 Å². The van der Waals surface area contributed by atoms with Crippen LogP contribution in [0.4, 0.5) is 10.1 Å². The highest BCUT2D eigenvalue weighted by Crippen LogP contribution is 2.26. The Kier molecular flexibility index (Phi) is 5.99. The zero-order chi connectivity index (χ0) is 20.3. The molecule has 146 valence electrons. The molecule has 3 rings (SSSR count). The largest absolute Gasteiger partial charge is 0.493 e. The Morgan fingerprint density at radius 3 is 2.68 bits per heavy atom. The first-order chi connectivity index (χ1) is 13.4. The van der Waals surface area contributed by atoms with Crippen molar-refractivity contribution in [3.8, 4) is 5.75 Å². The molecule has 0 unspecified atom stereocenters. The normalized spacial score (nSPS) is 10.8. The first-order valence-electron chi connectivity index (χ1n) is 8.92. The number of rotatable bonds is 6. The molecule has 5 nitrogen and oxygen atoms in total. The first-order valence-corrected chi connectivity index (χ1v) is 9.30. The monoisotopic (exact) mass is 401 g/mol. The molecule has 28 heavy (non-hydrogen) atoms. The summed E-state index contributed by atoms with van der Waals surface area (Å²) in [5, 5.41) is 7.68. The van der Waals surface area contributed by atoms with Crippen LogP contribution in [0, 0.1) is 19.7 Å². The summed E-state index contributed by atoms with van der Waals surface area (Å²) in [5.41, 5.74) is 2.72. The SMILES string of the molecule is CCOc1ccccc1C(=O)Nc1c(C)nn(Cc2c(F)cccc2Cl)c1C. The van der Waals surface area contributed by atoms with E-state index >= 15 is 0 Å². The van der Waals surface area contributed by atoms with Gasteiger partial charge in [0.2, 0.25) is 0 Å². The van der Waals surface area contributed by atoms with Crippen molar-refractivity contribution in [3.05, 3.63) is 75.8 Å². The van der Waals surface area contributed by atoms with Crippen LogP contribution in [0.1, 0.15) is 34.2 Å². The summed E-state index contributed by atoms with van der Waals surface area (Å²) in [6.45, 7) is 6.10. The molecule has 1 amide bonds. The van der Waals surface area contributed by atoms with E-state index in [0.717, 1.165) is 0 Å². The fourth-order valence-corrected chi connectivity index (χ4v) is 3.20. The summed E-state index contributed by atoms with van der Waals surface area (Å²) in [7, 11) is 0. The van der Waals surface area contributed by atoms with E-state index in [4.69, 9.17) is 16.3 Å². The molecule has 0 saturated heterocycles. The van der Waals surface area contributed by atoms with Crippen LogP contribution in [0.2, 0.25) is 5.02 Å². The van der Waals surface area contributed by atoms with Gasteiger partial charge in [-0.15, -0.1) is 0 Å². The molecule has 0 saturated carbocycles. The number of aryl methyl sites for hydroxylation is 1. The van der Waals surface area contributed by atoms with Gasteiger partial charge in [-0.25, -0.2) is 4.39 Å².